The van der Waals surface area contributed by atoms with Crippen molar-refractivity contribution in [1.29, 1.82) is 0 Å². The molecule has 2 aromatic rings. The normalized spacial score (nSPS) is 16.4. The van der Waals surface area contributed by atoms with Gasteiger partial charge in [0.05, 0.1) is 20.3 Å². The van der Waals surface area contributed by atoms with E-state index in [1.54, 1.807) is 14.2 Å². The maximum absolute atomic E-state index is 12.9. The van der Waals surface area contributed by atoms with Crippen molar-refractivity contribution in [3.63, 3.8) is 0 Å². The van der Waals surface area contributed by atoms with Gasteiger partial charge < -0.3 is 14.4 Å². The number of amides is 1. The van der Waals surface area contributed by atoms with Crippen LogP contribution in [0.5, 0.6) is 11.5 Å². The van der Waals surface area contributed by atoms with Crippen LogP contribution in [0.25, 0.3) is 0 Å². The van der Waals surface area contributed by atoms with Crippen molar-refractivity contribution in [2.24, 2.45) is 0 Å². The zero-order valence-electron chi connectivity index (χ0n) is 16.1. The topological polar surface area (TPSA) is 38.8 Å². The van der Waals surface area contributed by atoms with E-state index in [2.05, 4.69) is 0 Å². The van der Waals surface area contributed by atoms with Gasteiger partial charge >= 0.3 is 0 Å². The molecule has 1 amide bonds. The Morgan fingerprint density at radius 1 is 1.19 bits per heavy atom. The molecule has 4 nitrogen and oxygen atoms in total. The lowest BCUT2D eigenvalue weighted by atomic mass is 10.0. The van der Waals surface area contributed by atoms with Gasteiger partial charge in [-0.3, -0.25) is 4.79 Å². The quantitative estimate of drug-likeness (QED) is 0.703. The first kappa shape index (κ1) is 19.6. The monoisotopic (exact) mass is 387 g/mol. The first-order valence-electron chi connectivity index (χ1n) is 9.30. The molecule has 144 valence electrons. The summed E-state index contributed by atoms with van der Waals surface area (Å²) in [5, 5.41) is 0.750. The molecule has 0 saturated carbocycles. The number of hydrogen-bond acceptors (Lipinski definition) is 3. The molecule has 0 aliphatic carbocycles. The summed E-state index contributed by atoms with van der Waals surface area (Å²) in [5.74, 6) is 1.74. The average molecular weight is 388 g/mol. The third-order valence-electron chi connectivity index (χ3n) is 5.23. The Balaban J connectivity index is 1.74. The largest absolute Gasteiger partial charge is 0.497 e. The summed E-state index contributed by atoms with van der Waals surface area (Å²) in [6.45, 7) is 2.76. The summed E-state index contributed by atoms with van der Waals surface area (Å²) in [6.07, 6.45) is 3.10. The van der Waals surface area contributed by atoms with E-state index in [-0.39, 0.29) is 11.9 Å². The number of aryl methyl sites for hydroxylation is 2. The lowest BCUT2D eigenvalue weighted by Crippen LogP contribution is -2.31. The maximum Gasteiger partial charge on any atom is 0.223 e. The van der Waals surface area contributed by atoms with Crippen LogP contribution in [0.1, 0.15) is 42.0 Å². The van der Waals surface area contributed by atoms with Crippen LogP contribution in [0.3, 0.4) is 0 Å². The van der Waals surface area contributed by atoms with Gasteiger partial charge in [0.25, 0.3) is 0 Å². The molecule has 5 heteroatoms. The van der Waals surface area contributed by atoms with Crippen LogP contribution < -0.4 is 9.47 Å². The van der Waals surface area contributed by atoms with E-state index >= 15 is 0 Å². The minimum Gasteiger partial charge on any atom is -0.497 e. The zero-order valence-corrected chi connectivity index (χ0v) is 16.9. The number of likely N-dealkylation sites (tertiary alicyclic amines) is 1. The number of nitrogens with zero attached hydrogens (tertiary/aromatic N) is 1. The fraction of sp³-hybridized carbons (Fsp3) is 0.409. The Bertz CT molecular complexity index is 821. The van der Waals surface area contributed by atoms with Crippen molar-refractivity contribution < 1.29 is 14.3 Å². The minimum atomic E-state index is 0.0316. The van der Waals surface area contributed by atoms with Crippen molar-refractivity contribution >= 4 is 17.5 Å². The van der Waals surface area contributed by atoms with Crippen LogP contribution in [0.15, 0.2) is 36.4 Å². The molecule has 1 aliphatic heterocycles. The number of benzene rings is 2. The van der Waals surface area contributed by atoms with Crippen molar-refractivity contribution in [1.82, 2.24) is 4.90 Å². The summed E-state index contributed by atoms with van der Waals surface area (Å²) in [6, 6.07) is 11.8. The van der Waals surface area contributed by atoms with Crippen molar-refractivity contribution in [3.05, 3.63) is 58.1 Å². The van der Waals surface area contributed by atoms with Crippen LogP contribution in [0.2, 0.25) is 5.02 Å². The van der Waals surface area contributed by atoms with E-state index in [1.165, 1.54) is 0 Å². The number of hydrogen-bond donors (Lipinski definition) is 0. The lowest BCUT2D eigenvalue weighted by molar-refractivity contribution is -0.132. The highest BCUT2D eigenvalue weighted by atomic mass is 35.5. The van der Waals surface area contributed by atoms with Gasteiger partial charge in [0.2, 0.25) is 5.91 Å². The molecule has 1 atom stereocenters. The Morgan fingerprint density at radius 2 is 2.00 bits per heavy atom. The summed E-state index contributed by atoms with van der Waals surface area (Å²) in [5.41, 5.74) is 3.16. The molecule has 0 bridgehead atoms. The first-order chi connectivity index (χ1) is 13.0. The Morgan fingerprint density at radius 3 is 2.70 bits per heavy atom. The predicted octanol–water partition coefficient (Wildman–Crippen LogP) is 4.96. The summed E-state index contributed by atoms with van der Waals surface area (Å²) in [4.78, 5) is 14.9. The van der Waals surface area contributed by atoms with Crippen molar-refractivity contribution in [2.45, 2.75) is 38.6 Å². The molecular formula is C22H26ClNO3. The van der Waals surface area contributed by atoms with Crippen molar-refractivity contribution in [2.75, 3.05) is 20.8 Å². The molecule has 3 rings (SSSR count). The van der Waals surface area contributed by atoms with Gasteiger partial charge in [0.15, 0.2) is 0 Å². The van der Waals surface area contributed by atoms with Gasteiger partial charge in [-0.15, -0.1) is 0 Å². The number of halogens is 1. The van der Waals surface area contributed by atoms with Crippen LogP contribution in [0.4, 0.5) is 0 Å². The average Bonchev–Trinajstić information content (AvgIpc) is 3.17. The van der Waals surface area contributed by atoms with E-state index < -0.39 is 0 Å². The standard InChI is InChI=1S/C22H26ClNO3/c1-15-6-7-16(13-19(15)23)8-11-22(25)24-12-4-5-20(24)18-14-17(26-2)9-10-21(18)27-3/h6-7,9-10,13-14,20H,4-5,8,11-12H2,1-3H3. The fourth-order valence-corrected chi connectivity index (χ4v) is 3.88. The molecular weight excluding hydrogens is 362 g/mol. The Kier molecular flexibility index (Phi) is 6.27. The van der Waals surface area contributed by atoms with E-state index in [4.69, 9.17) is 21.1 Å². The first-order valence-corrected chi connectivity index (χ1v) is 9.67. The zero-order chi connectivity index (χ0) is 19.4. The molecule has 0 N–H and O–H groups in total. The number of ether oxygens (including phenoxy) is 2. The fourth-order valence-electron chi connectivity index (χ4n) is 3.68. The summed E-state index contributed by atoms with van der Waals surface area (Å²) in [7, 11) is 3.31. The minimum absolute atomic E-state index is 0.0316. The number of rotatable bonds is 6. The molecule has 1 fully saturated rings. The van der Waals surface area contributed by atoms with Crippen LogP contribution in [0, 0.1) is 6.92 Å². The van der Waals surface area contributed by atoms with E-state index in [0.29, 0.717) is 12.8 Å². The second kappa shape index (κ2) is 8.66. The molecule has 1 unspecified atom stereocenters. The second-order valence-corrected chi connectivity index (χ2v) is 7.34. The molecule has 0 radical (unpaired) electrons. The number of carbonyl (C=O) groups excluding carboxylic acids is 1. The van der Waals surface area contributed by atoms with Gasteiger partial charge in [-0.2, -0.15) is 0 Å². The van der Waals surface area contributed by atoms with Crippen LogP contribution in [-0.4, -0.2) is 31.6 Å². The summed E-state index contributed by atoms with van der Waals surface area (Å²) >= 11 is 6.20. The highest BCUT2D eigenvalue weighted by molar-refractivity contribution is 6.31. The summed E-state index contributed by atoms with van der Waals surface area (Å²) < 4.78 is 10.9. The maximum atomic E-state index is 12.9. The smallest absolute Gasteiger partial charge is 0.223 e. The van der Waals surface area contributed by atoms with Gasteiger partial charge in [-0.25, -0.2) is 0 Å². The molecule has 27 heavy (non-hydrogen) atoms. The van der Waals surface area contributed by atoms with Crippen LogP contribution >= 0.6 is 11.6 Å². The molecule has 1 saturated heterocycles. The lowest BCUT2D eigenvalue weighted by Gasteiger charge is -2.27. The molecule has 1 heterocycles. The SMILES string of the molecule is COc1ccc(OC)c(C2CCCN2C(=O)CCc2ccc(C)c(Cl)c2)c1. The second-order valence-electron chi connectivity index (χ2n) is 6.94. The highest BCUT2D eigenvalue weighted by Gasteiger charge is 2.31. The van der Waals surface area contributed by atoms with Crippen molar-refractivity contribution in [3.8, 4) is 11.5 Å². The third kappa shape index (κ3) is 4.38. The molecule has 2 aromatic carbocycles. The Hall–Kier alpha value is -2.20. The third-order valence-corrected chi connectivity index (χ3v) is 5.64. The van der Waals surface area contributed by atoms with E-state index in [1.807, 2.05) is 48.2 Å². The van der Waals surface area contributed by atoms with Crippen LogP contribution in [-0.2, 0) is 11.2 Å². The highest BCUT2D eigenvalue weighted by Crippen LogP contribution is 2.39. The van der Waals surface area contributed by atoms with E-state index in [0.717, 1.165) is 52.6 Å². The van der Waals surface area contributed by atoms with Gasteiger partial charge in [-0.05, 0) is 61.6 Å². The Labute approximate surface area is 166 Å². The number of methoxy groups -OCH3 is 2. The molecule has 1 aliphatic rings. The number of carbonyl (C=O) groups is 1. The molecule has 0 spiro atoms. The van der Waals surface area contributed by atoms with Gasteiger partial charge in [0, 0.05) is 23.6 Å². The molecule has 0 aromatic heterocycles. The predicted molar refractivity (Wildman–Crippen MR) is 108 cm³/mol. The van der Waals surface area contributed by atoms with Gasteiger partial charge in [-0.1, -0.05) is 23.7 Å². The van der Waals surface area contributed by atoms with E-state index in [9.17, 15) is 4.79 Å². The van der Waals surface area contributed by atoms with Gasteiger partial charge in [0.1, 0.15) is 11.5 Å².